The predicted molar refractivity (Wildman–Crippen MR) is 347 cm³/mol. The molecule has 2 aromatic rings. The van der Waals surface area contributed by atoms with Crippen molar-refractivity contribution in [1.29, 1.82) is 0 Å². The maximum absolute atomic E-state index is 8.06. The summed E-state index contributed by atoms with van der Waals surface area (Å²) in [5, 5.41) is 8.06. The highest BCUT2D eigenvalue weighted by Crippen LogP contribution is 1.98. The molecule has 0 spiro atoms. The van der Waals surface area contributed by atoms with Gasteiger partial charge < -0.3 is 102 Å². The molecule has 0 unspecified atom stereocenters. The van der Waals surface area contributed by atoms with Gasteiger partial charge in [0.1, 0.15) is 61.1 Å². The van der Waals surface area contributed by atoms with Crippen LogP contribution in [0.15, 0.2) is 60.7 Å². The number of benzene rings is 2. The Labute approximate surface area is 475 Å². The molecule has 0 aliphatic rings. The molecule has 0 saturated carbocycles. The third kappa shape index (κ3) is 601. The molecule has 0 aromatic heterocycles. The fourth-order valence-electron chi connectivity index (χ4n) is 1.43. The summed E-state index contributed by atoms with van der Waals surface area (Å²) in [4.78, 5) is 72.0. The summed E-state index contributed by atoms with van der Waals surface area (Å²) >= 11 is 0. The van der Waals surface area contributed by atoms with Gasteiger partial charge in [-0.25, -0.2) is 0 Å². The minimum absolute atomic E-state index is 0. The van der Waals surface area contributed by atoms with Crippen LogP contribution in [0.5, 0.6) is 0 Å². The van der Waals surface area contributed by atoms with Crippen LogP contribution in [0.2, 0.25) is 0 Å². The van der Waals surface area contributed by atoms with Gasteiger partial charge in [-0.2, -0.15) is 0 Å². The Kier molecular flexibility index (Phi) is 703. The normalized spacial score (nSPS) is 5.95. The number of aliphatic hydroxyl groups excluding tert-OH is 1. The molecule has 19 heteroatoms. The number of hydrogen-bond acceptors (Lipinski definition) is 19. The number of carbonyl (C=O) groups is 9. The molecule has 76 heavy (non-hydrogen) atoms. The fraction of sp³-hybridized carbons (Fsp3) is 0.632. The Balaban J connectivity index is -0.0000000159. The van der Waals surface area contributed by atoms with E-state index >= 15 is 0 Å². The summed E-state index contributed by atoms with van der Waals surface area (Å²) in [5.41, 5.74) is 25.3. The summed E-state index contributed by atoms with van der Waals surface area (Å²) in [7, 11) is 7.50. The van der Waals surface area contributed by atoms with Gasteiger partial charge in [0.2, 0.25) is 0 Å². The van der Waals surface area contributed by atoms with Crippen molar-refractivity contribution in [3.8, 4) is 0 Å². The number of aryl methyl sites for hydroxylation is 2. The van der Waals surface area contributed by atoms with Gasteiger partial charge in [-0.3, -0.25) is 0 Å². The minimum atomic E-state index is -0.167. The average molecular weight is 1110 g/mol. The number of hydrogen-bond donors (Lipinski definition) is 10. The van der Waals surface area contributed by atoms with Crippen molar-refractivity contribution in [1.82, 2.24) is 24.6 Å². The molecule has 476 valence electrons. The van der Waals surface area contributed by atoms with Crippen LogP contribution in [-0.4, -0.2) is 108 Å². The standard InChI is InChI=1S/2C8H10.4C5H12.C3H8O.2C2H6.5CH5N.9CH2O.4H3N/c2*1-2-8-6-4-3-5-7-8;4*1-4-5(2)3;1-3(2)4;16*1-2;;;;/h2*3-7H,2H2,1H3;4*5H,4H2,1-3H3;3-4H,1-2H3;2*1-2H3;5*2H2,1H3;9*1H2;4*1H3. The zero-order chi connectivity index (χ0) is 64.4. The van der Waals surface area contributed by atoms with Crippen LogP contribution >= 0.6 is 0 Å². The Morgan fingerprint density at radius 2 is 0.382 bits per heavy atom. The van der Waals surface area contributed by atoms with E-state index in [0.717, 1.165) is 36.5 Å². The first kappa shape index (κ1) is 164. The molecule has 2 rings (SSSR count). The SMILES string of the molecule is C=O.C=O.C=O.C=O.C=O.C=O.C=O.C=O.C=O.CC.CC.CC(C)O.CCC(C)C.CCC(C)C.CCC(C)C.CCC(C)C.CCc1ccccc1.CCc1ccccc1.CN.CN.CN.CN.CN.N.N.N.N. The molecule has 2 aromatic carbocycles. The van der Waals surface area contributed by atoms with Crippen molar-refractivity contribution in [3.63, 3.8) is 0 Å². The van der Waals surface area contributed by atoms with Gasteiger partial charge in [-0.1, -0.05) is 211 Å². The number of aliphatic hydroxyl groups is 1. The quantitative estimate of drug-likeness (QED) is 0.128. The summed E-state index contributed by atoms with van der Waals surface area (Å²) in [6.07, 6.45) is 7.33. The van der Waals surface area contributed by atoms with Crippen molar-refractivity contribution >= 4 is 61.1 Å². The zero-order valence-corrected chi connectivity index (χ0v) is 55.1. The van der Waals surface area contributed by atoms with Crippen LogP contribution in [-0.2, 0) is 56.0 Å². The fourth-order valence-corrected chi connectivity index (χ4v) is 1.43. The molecule has 0 atom stereocenters. The largest absolute Gasteiger partial charge is 0.394 e. The summed E-state index contributed by atoms with van der Waals surface area (Å²) in [6, 6.07) is 20.9. The first-order valence-corrected chi connectivity index (χ1v) is 23.9. The molecule has 0 fully saturated rings. The molecular weight excluding hydrogens is 971 g/mol. The highest BCUT2D eigenvalue weighted by molar-refractivity contribution is 5.15. The lowest BCUT2D eigenvalue weighted by Gasteiger charge is -1.90. The first-order chi connectivity index (χ1) is 34.7. The van der Waals surface area contributed by atoms with Crippen LogP contribution in [0.25, 0.3) is 0 Å². The highest BCUT2D eigenvalue weighted by atomic mass is 16.3. The third-order valence-electron chi connectivity index (χ3n) is 5.77. The summed E-state index contributed by atoms with van der Waals surface area (Å²) in [6.45, 7) is 60.3. The first-order valence-electron chi connectivity index (χ1n) is 23.9. The van der Waals surface area contributed by atoms with Crippen LogP contribution in [0, 0.1) is 23.7 Å². The van der Waals surface area contributed by atoms with Gasteiger partial charge in [0.15, 0.2) is 0 Å². The van der Waals surface area contributed by atoms with Gasteiger partial charge in [-0.05, 0) is 96.7 Å². The van der Waals surface area contributed by atoms with Crippen molar-refractivity contribution in [2.45, 2.75) is 183 Å². The smallest absolute Gasteiger partial charge is 0.106 e. The van der Waals surface area contributed by atoms with E-state index in [-0.39, 0.29) is 30.7 Å². The molecule has 0 radical (unpaired) electrons. The van der Waals surface area contributed by atoms with Crippen molar-refractivity contribution in [2.24, 2.45) is 52.3 Å². The van der Waals surface area contributed by atoms with Crippen LogP contribution < -0.4 is 53.3 Å². The van der Waals surface area contributed by atoms with E-state index < -0.39 is 0 Å². The molecule has 0 aliphatic heterocycles. The highest BCUT2D eigenvalue weighted by Gasteiger charge is 1.82. The second-order valence-corrected chi connectivity index (χ2v) is 12.0. The molecule has 0 saturated heterocycles. The topological polar surface area (TPSA) is 444 Å². The van der Waals surface area contributed by atoms with Gasteiger partial charge in [0.05, 0.1) is 0 Å². The molecule has 0 aliphatic carbocycles. The van der Waals surface area contributed by atoms with Crippen molar-refractivity contribution < 1.29 is 48.3 Å². The molecule has 19 nitrogen and oxygen atoms in total. The van der Waals surface area contributed by atoms with Crippen molar-refractivity contribution in [2.75, 3.05) is 35.2 Å². The Hall–Kier alpha value is -4.93. The van der Waals surface area contributed by atoms with E-state index in [1.54, 1.807) is 13.8 Å². The lowest BCUT2D eigenvalue weighted by atomic mass is 10.2. The number of nitrogens with two attached hydrogens (primary N) is 5. The lowest BCUT2D eigenvalue weighted by Crippen LogP contribution is -1.85. The predicted octanol–water partition coefficient (Wildman–Crippen LogP) is 12.0. The zero-order valence-electron chi connectivity index (χ0n) is 55.1. The Morgan fingerprint density at radius 1 is 0.303 bits per heavy atom. The second-order valence-electron chi connectivity index (χ2n) is 12.0. The third-order valence-corrected chi connectivity index (χ3v) is 5.77. The van der Waals surface area contributed by atoms with E-state index in [1.165, 1.54) is 72.0 Å². The average Bonchev–Trinajstić information content (AvgIpc) is 3.50. The molecule has 0 bridgehead atoms. The lowest BCUT2D eigenvalue weighted by molar-refractivity contribution is -0.0987. The second kappa shape index (κ2) is 325. The minimum Gasteiger partial charge on any atom is -0.394 e. The van der Waals surface area contributed by atoms with Gasteiger partial charge >= 0.3 is 0 Å². The Bertz CT molecular complexity index is 731. The molecule has 0 amide bonds. The molecule has 0 heterocycles. The van der Waals surface area contributed by atoms with E-state index in [2.05, 4.69) is 174 Å². The van der Waals surface area contributed by atoms with E-state index in [0.29, 0.717) is 0 Å². The molecular formula is C57H143N9O10. The molecule has 23 N–H and O–H groups in total. The van der Waals surface area contributed by atoms with E-state index in [9.17, 15) is 0 Å². The summed E-state index contributed by atoms with van der Waals surface area (Å²) in [5.74, 6) is 3.54. The van der Waals surface area contributed by atoms with Crippen LogP contribution in [0.4, 0.5) is 0 Å². The van der Waals surface area contributed by atoms with Crippen LogP contribution in [0.1, 0.15) is 175 Å². The van der Waals surface area contributed by atoms with E-state index in [4.69, 9.17) is 48.3 Å². The van der Waals surface area contributed by atoms with Crippen LogP contribution in [0.3, 0.4) is 0 Å². The van der Waals surface area contributed by atoms with Crippen molar-refractivity contribution in [3.05, 3.63) is 71.8 Å². The number of rotatable bonds is 6. The Morgan fingerprint density at radius 3 is 0.421 bits per heavy atom. The van der Waals surface area contributed by atoms with E-state index in [1.807, 2.05) is 101 Å². The maximum Gasteiger partial charge on any atom is 0.106 e. The summed E-state index contributed by atoms with van der Waals surface area (Å²) < 4.78 is 0. The van der Waals surface area contributed by atoms with Gasteiger partial charge in [-0.15, -0.1) is 0 Å². The van der Waals surface area contributed by atoms with Gasteiger partial charge in [0, 0.05) is 6.10 Å². The maximum atomic E-state index is 8.06. The number of carbonyl (C=O) groups excluding carboxylic acids is 9. The van der Waals surface area contributed by atoms with Gasteiger partial charge in [0.25, 0.3) is 0 Å². The monoisotopic (exact) mass is 1110 g/mol.